The molecular formula is C14H20N2O2. The van der Waals surface area contributed by atoms with Gasteiger partial charge in [0.15, 0.2) is 0 Å². The Morgan fingerprint density at radius 2 is 2.06 bits per heavy atom. The zero-order valence-corrected chi connectivity index (χ0v) is 10.7. The summed E-state index contributed by atoms with van der Waals surface area (Å²) in [5.74, 6) is 0.905. The third kappa shape index (κ3) is 2.94. The molecule has 1 aliphatic rings. The zero-order valence-electron chi connectivity index (χ0n) is 10.7. The summed E-state index contributed by atoms with van der Waals surface area (Å²) >= 11 is 0. The highest BCUT2D eigenvalue weighted by Gasteiger charge is 2.21. The Bertz CT molecular complexity index is 426. The summed E-state index contributed by atoms with van der Waals surface area (Å²) in [4.78, 5) is 12.1. The van der Waals surface area contributed by atoms with Gasteiger partial charge in [-0.15, -0.1) is 0 Å². The smallest absolute Gasteiger partial charge is 0.227 e. The first kappa shape index (κ1) is 12.7. The lowest BCUT2D eigenvalue weighted by molar-refractivity contribution is -0.120. The highest BCUT2D eigenvalue weighted by atomic mass is 16.5. The first-order valence-corrected chi connectivity index (χ1v) is 6.45. The van der Waals surface area contributed by atoms with Crippen LogP contribution in [0.25, 0.3) is 0 Å². The zero-order chi connectivity index (χ0) is 13.0. The fourth-order valence-corrected chi connectivity index (χ4v) is 2.37. The van der Waals surface area contributed by atoms with Crippen molar-refractivity contribution in [3.8, 4) is 5.75 Å². The Kier molecular flexibility index (Phi) is 4.07. The highest BCUT2D eigenvalue weighted by Crippen LogP contribution is 2.28. The van der Waals surface area contributed by atoms with E-state index in [2.05, 4.69) is 5.32 Å². The van der Waals surface area contributed by atoms with E-state index >= 15 is 0 Å². The molecule has 0 saturated heterocycles. The number of nitrogen functional groups attached to an aromatic ring is 1. The molecule has 3 N–H and O–H groups in total. The molecule has 0 spiro atoms. The van der Waals surface area contributed by atoms with Crippen molar-refractivity contribution in [1.82, 2.24) is 0 Å². The van der Waals surface area contributed by atoms with Crippen molar-refractivity contribution in [3.05, 3.63) is 18.2 Å². The second-order valence-electron chi connectivity index (χ2n) is 4.78. The SMILES string of the molecule is COc1ccc(N)c(NC(=O)C2CCCCC2)c1. The molecule has 1 aromatic rings. The molecule has 0 radical (unpaired) electrons. The van der Waals surface area contributed by atoms with Gasteiger partial charge in [-0.3, -0.25) is 4.79 Å². The number of hydrogen-bond donors (Lipinski definition) is 2. The van der Waals surface area contributed by atoms with Crippen LogP contribution >= 0.6 is 0 Å². The fraction of sp³-hybridized carbons (Fsp3) is 0.500. The molecule has 0 atom stereocenters. The average Bonchev–Trinajstić information content (AvgIpc) is 2.42. The lowest BCUT2D eigenvalue weighted by Crippen LogP contribution is -2.25. The van der Waals surface area contributed by atoms with Gasteiger partial charge < -0.3 is 15.8 Å². The van der Waals surface area contributed by atoms with Crippen LogP contribution in [0.4, 0.5) is 11.4 Å². The van der Waals surface area contributed by atoms with Crippen molar-refractivity contribution in [3.63, 3.8) is 0 Å². The topological polar surface area (TPSA) is 64.3 Å². The normalized spacial score (nSPS) is 16.3. The first-order chi connectivity index (χ1) is 8.70. The van der Waals surface area contributed by atoms with E-state index in [1.54, 1.807) is 25.3 Å². The van der Waals surface area contributed by atoms with Crippen LogP contribution in [0.5, 0.6) is 5.75 Å². The van der Waals surface area contributed by atoms with Crippen LogP contribution in [0.3, 0.4) is 0 Å². The number of rotatable bonds is 3. The maximum absolute atomic E-state index is 12.1. The van der Waals surface area contributed by atoms with Crippen molar-refractivity contribution in [1.29, 1.82) is 0 Å². The summed E-state index contributed by atoms with van der Waals surface area (Å²) in [5, 5.41) is 2.91. The first-order valence-electron chi connectivity index (χ1n) is 6.45. The quantitative estimate of drug-likeness (QED) is 0.808. The molecule has 1 aromatic carbocycles. The molecule has 0 heterocycles. The van der Waals surface area contributed by atoms with Crippen molar-refractivity contribution < 1.29 is 9.53 Å². The molecule has 4 heteroatoms. The number of carbonyl (C=O) groups excluding carboxylic acids is 1. The minimum absolute atomic E-state index is 0.0784. The molecule has 0 aromatic heterocycles. The van der Waals surface area contributed by atoms with E-state index in [9.17, 15) is 4.79 Å². The second kappa shape index (κ2) is 5.76. The summed E-state index contributed by atoms with van der Waals surface area (Å²) in [6.07, 6.45) is 5.49. The van der Waals surface area contributed by atoms with Crippen LogP contribution in [0, 0.1) is 5.92 Å². The van der Waals surface area contributed by atoms with Crippen LogP contribution in [-0.4, -0.2) is 13.0 Å². The second-order valence-corrected chi connectivity index (χ2v) is 4.78. The minimum Gasteiger partial charge on any atom is -0.497 e. The van der Waals surface area contributed by atoms with Gasteiger partial charge in [-0.25, -0.2) is 0 Å². The van der Waals surface area contributed by atoms with Gasteiger partial charge in [0.25, 0.3) is 0 Å². The van der Waals surface area contributed by atoms with Crippen LogP contribution in [0.2, 0.25) is 0 Å². The van der Waals surface area contributed by atoms with E-state index in [4.69, 9.17) is 10.5 Å². The molecule has 1 saturated carbocycles. The Labute approximate surface area is 108 Å². The van der Waals surface area contributed by atoms with Crippen LogP contribution in [0.1, 0.15) is 32.1 Å². The van der Waals surface area contributed by atoms with E-state index < -0.39 is 0 Å². The van der Waals surface area contributed by atoms with E-state index in [-0.39, 0.29) is 11.8 Å². The number of benzene rings is 1. The van der Waals surface area contributed by atoms with Crippen LogP contribution in [-0.2, 0) is 4.79 Å². The van der Waals surface area contributed by atoms with Gasteiger partial charge in [0.2, 0.25) is 5.91 Å². The molecule has 0 aliphatic heterocycles. The summed E-state index contributed by atoms with van der Waals surface area (Å²) in [7, 11) is 1.60. The summed E-state index contributed by atoms with van der Waals surface area (Å²) in [6.45, 7) is 0. The third-order valence-corrected chi connectivity index (χ3v) is 3.49. The number of nitrogens with two attached hydrogens (primary N) is 1. The Morgan fingerprint density at radius 1 is 1.33 bits per heavy atom. The highest BCUT2D eigenvalue weighted by molar-refractivity contribution is 5.95. The molecule has 98 valence electrons. The van der Waals surface area contributed by atoms with E-state index in [1.165, 1.54) is 6.42 Å². The number of amides is 1. The molecular weight excluding hydrogens is 228 g/mol. The van der Waals surface area contributed by atoms with Gasteiger partial charge in [0, 0.05) is 12.0 Å². The van der Waals surface area contributed by atoms with E-state index in [1.807, 2.05) is 0 Å². The number of anilines is 2. The minimum atomic E-state index is 0.0784. The van der Waals surface area contributed by atoms with Gasteiger partial charge in [0.05, 0.1) is 18.5 Å². The molecule has 1 fully saturated rings. The van der Waals surface area contributed by atoms with Gasteiger partial charge >= 0.3 is 0 Å². The predicted octanol–water partition coefficient (Wildman–Crippen LogP) is 2.80. The lowest BCUT2D eigenvalue weighted by atomic mass is 9.88. The van der Waals surface area contributed by atoms with Gasteiger partial charge in [0.1, 0.15) is 5.75 Å². The molecule has 1 aliphatic carbocycles. The monoisotopic (exact) mass is 248 g/mol. The molecule has 4 nitrogen and oxygen atoms in total. The van der Waals surface area contributed by atoms with Crippen molar-refractivity contribution >= 4 is 17.3 Å². The van der Waals surface area contributed by atoms with Crippen molar-refractivity contribution in [2.75, 3.05) is 18.2 Å². The number of methoxy groups -OCH3 is 1. The standard InChI is InChI=1S/C14H20N2O2/c1-18-11-7-8-12(15)13(9-11)16-14(17)10-5-3-2-4-6-10/h7-10H,2-6,15H2,1H3,(H,16,17). The number of hydrogen-bond acceptors (Lipinski definition) is 3. The Morgan fingerprint density at radius 3 is 2.72 bits per heavy atom. The molecule has 0 unspecified atom stereocenters. The summed E-state index contributed by atoms with van der Waals surface area (Å²) in [6, 6.07) is 5.29. The van der Waals surface area contributed by atoms with Crippen LogP contribution in [0.15, 0.2) is 18.2 Å². The fourth-order valence-electron chi connectivity index (χ4n) is 2.37. The Hall–Kier alpha value is -1.71. The van der Waals surface area contributed by atoms with E-state index in [0.29, 0.717) is 17.1 Å². The van der Waals surface area contributed by atoms with Crippen LogP contribution < -0.4 is 15.8 Å². The average molecular weight is 248 g/mol. The van der Waals surface area contributed by atoms with E-state index in [0.717, 1.165) is 25.7 Å². The Balaban J connectivity index is 2.05. The van der Waals surface area contributed by atoms with Crippen molar-refractivity contribution in [2.45, 2.75) is 32.1 Å². The molecule has 18 heavy (non-hydrogen) atoms. The number of carbonyl (C=O) groups is 1. The maximum atomic E-state index is 12.1. The summed E-state index contributed by atoms with van der Waals surface area (Å²) < 4.78 is 5.13. The largest absolute Gasteiger partial charge is 0.497 e. The summed E-state index contributed by atoms with van der Waals surface area (Å²) in [5.41, 5.74) is 7.06. The van der Waals surface area contributed by atoms with Gasteiger partial charge in [-0.1, -0.05) is 19.3 Å². The van der Waals surface area contributed by atoms with Gasteiger partial charge in [-0.05, 0) is 25.0 Å². The molecule has 2 rings (SSSR count). The molecule has 1 amide bonds. The lowest BCUT2D eigenvalue weighted by Gasteiger charge is -2.21. The number of nitrogens with one attached hydrogen (secondary N) is 1. The van der Waals surface area contributed by atoms with Crippen molar-refractivity contribution in [2.24, 2.45) is 5.92 Å². The number of ether oxygens (including phenoxy) is 1. The third-order valence-electron chi connectivity index (χ3n) is 3.49. The van der Waals surface area contributed by atoms with Gasteiger partial charge in [-0.2, -0.15) is 0 Å². The maximum Gasteiger partial charge on any atom is 0.227 e. The predicted molar refractivity (Wildman–Crippen MR) is 72.6 cm³/mol. The molecule has 0 bridgehead atoms.